The Labute approximate surface area is 88.3 Å². The van der Waals surface area contributed by atoms with Crippen LogP contribution in [0.15, 0.2) is 18.2 Å². The molecule has 0 radical (unpaired) electrons. The SMILES string of the molecule is COCCOc1ccc(C#N)cc1C#N. The van der Waals surface area contributed by atoms with Crippen molar-refractivity contribution in [2.75, 3.05) is 20.3 Å². The van der Waals surface area contributed by atoms with Crippen LogP contribution in [0.5, 0.6) is 5.75 Å². The van der Waals surface area contributed by atoms with Crippen molar-refractivity contribution >= 4 is 0 Å². The Hall–Kier alpha value is -2.04. The zero-order chi connectivity index (χ0) is 11.1. The third-order valence-electron chi connectivity index (χ3n) is 1.77. The minimum absolute atomic E-state index is 0.366. The first-order chi connectivity index (χ1) is 7.31. The summed E-state index contributed by atoms with van der Waals surface area (Å²) >= 11 is 0. The van der Waals surface area contributed by atoms with E-state index in [1.54, 1.807) is 19.2 Å². The summed E-state index contributed by atoms with van der Waals surface area (Å²) in [6.45, 7) is 0.849. The Morgan fingerprint density at radius 2 is 2.00 bits per heavy atom. The van der Waals surface area contributed by atoms with Crippen LogP contribution in [0.2, 0.25) is 0 Å². The van der Waals surface area contributed by atoms with Crippen molar-refractivity contribution in [3.05, 3.63) is 29.3 Å². The fraction of sp³-hybridized carbons (Fsp3) is 0.273. The van der Waals surface area contributed by atoms with Gasteiger partial charge in [0, 0.05) is 7.11 Å². The number of nitriles is 2. The molecule has 0 fully saturated rings. The molecule has 0 saturated heterocycles. The second kappa shape index (κ2) is 5.64. The lowest BCUT2D eigenvalue weighted by molar-refractivity contribution is 0.146. The molecular formula is C11H10N2O2. The molecule has 0 aliphatic heterocycles. The Kier molecular flexibility index (Phi) is 4.15. The number of methoxy groups -OCH3 is 1. The molecule has 76 valence electrons. The predicted molar refractivity (Wildman–Crippen MR) is 53.2 cm³/mol. The summed E-state index contributed by atoms with van der Waals surface area (Å²) < 4.78 is 10.1. The molecule has 0 saturated carbocycles. The van der Waals surface area contributed by atoms with Gasteiger partial charge in [0.15, 0.2) is 0 Å². The highest BCUT2D eigenvalue weighted by molar-refractivity contribution is 5.48. The smallest absolute Gasteiger partial charge is 0.137 e. The van der Waals surface area contributed by atoms with Crippen LogP contribution in [-0.4, -0.2) is 20.3 Å². The number of ether oxygens (including phenoxy) is 2. The third-order valence-corrected chi connectivity index (χ3v) is 1.77. The molecule has 1 aromatic rings. The van der Waals surface area contributed by atoms with Crippen molar-refractivity contribution in [1.29, 1.82) is 10.5 Å². The molecule has 0 spiro atoms. The average molecular weight is 202 g/mol. The number of rotatable bonds is 4. The Balaban J connectivity index is 2.81. The highest BCUT2D eigenvalue weighted by Gasteiger charge is 2.04. The van der Waals surface area contributed by atoms with Crippen molar-refractivity contribution in [3.8, 4) is 17.9 Å². The Bertz CT molecular complexity index is 416. The molecule has 0 aliphatic carbocycles. The topological polar surface area (TPSA) is 66.0 Å². The van der Waals surface area contributed by atoms with Crippen molar-refractivity contribution in [1.82, 2.24) is 0 Å². The van der Waals surface area contributed by atoms with Gasteiger partial charge in [-0.1, -0.05) is 0 Å². The molecule has 0 N–H and O–H groups in total. The van der Waals surface area contributed by atoms with Crippen LogP contribution in [0.1, 0.15) is 11.1 Å². The fourth-order valence-electron chi connectivity index (χ4n) is 1.05. The lowest BCUT2D eigenvalue weighted by Gasteiger charge is -2.06. The van der Waals surface area contributed by atoms with Gasteiger partial charge in [-0.15, -0.1) is 0 Å². The van der Waals surface area contributed by atoms with Crippen LogP contribution in [-0.2, 0) is 4.74 Å². The van der Waals surface area contributed by atoms with Gasteiger partial charge in [-0.05, 0) is 18.2 Å². The zero-order valence-electron chi connectivity index (χ0n) is 8.36. The number of nitrogens with zero attached hydrogens (tertiary/aromatic N) is 2. The summed E-state index contributed by atoms with van der Waals surface area (Å²) in [5.41, 5.74) is 0.816. The van der Waals surface area contributed by atoms with Gasteiger partial charge in [0.05, 0.1) is 23.8 Å². The van der Waals surface area contributed by atoms with Crippen LogP contribution in [0.25, 0.3) is 0 Å². The van der Waals surface area contributed by atoms with Gasteiger partial charge in [0.2, 0.25) is 0 Å². The van der Waals surface area contributed by atoms with Gasteiger partial charge < -0.3 is 9.47 Å². The van der Waals surface area contributed by atoms with Crippen LogP contribution >= 0.6 is 0 Å². The maximum atomic E-state index is 8.82. The van der Waals surface area contributed by atoms with Crippen molar-refractivity contribution in [2.45, 2.75) is 0 Å². The maximum Gasteiger partial charge on any atom is 0.137 e. The first-order valence-electron chi connectivity index (χ1n) is 4.37. The first kappa shape index (κ1) is 11.0. The monoisotopic (exact) mass is 202 g/mol. The second-order valence-corrected chi connectivity index (χ2v) is 2.78. The van der Waals surface area contributed by atoms with E-state index in [-0.39, 0.29) is 0 Å². The summed E-state index contributed by atoms with van der Waals surface area (Å²) in [7, 11) is 1.58. The van der Waals surface area contributed by atoms with E-state index in [1.807, 2.05) is 12.1 Å². The van der Waals surface area contributed by atoms with E-state index in [9.17, 15) is 0 Å². The summed E-state index contributed by atoms with van der Waals surface area (Å²) in [5.74, 6) is 0.480. The van der Waals surface area contributed by atoms with Gasteiger partial charge in [0.1, 0.15) is 18.4 Å². The van der Waals surface area contributed by atoms with E-state index in [4.69, 9.17) is 20.0 Å². The van der Waals surface area contributed by atoms with E-state index in [1.165, 1.54) is 6.07 Å². The van der Waals surface area contributed by atoms with Crippen molar-refractivity contribution in [2.24, 2.45) is 0 Å². The van der Waals surface area contributed by atoms with E-state index in [0.29, 0.717) is 30.1 Å². The van der Waals surface area contributed by atoms with Crippen LogP contribution in [0.4, 0.5) is 0 Å². The van der Waals surface area contributed by atoms with Gasteiger partial charge in [0.25, 0.3) is 0 Å². The minimum atomic E-state index is 0.366. The number of benzene rings is 1. The lowest BCUT2D eigenvalue weighted by Crippen LogP contribution is -2.05. The van der Waals surface area contributed by atoms with Crippen molar-refractivity contribution < 1.29 is 9.47 Å². The summed E-state index contributed by atoms with van der Waals surface area (Å²) in [6, 6.07) is 8.68. The summed E-state index contributed by atoms with van der Waals surface area (Å²) in [6.07, 6.45) is 0. The molecule has 0 aliphatic rings. The van der Waals surface area contributed by atoms with Crippen LogP contribution in [0.3, 0.4) is 0 Å². The zero-order valence-corrected chi connectivity index (χ0v) is 8.36. The molecule has 15 heavy (non-hydrogen) atoms. The molecule has 0 unspecified atom stereocenters. The molecule has 0 heterocycles. The molecule has 0 atom stereocenters. The fourth-order valence-corrected chi connectivity index (χ4v) is 1.05. The molecule has 0 bridgehead atoms. The maximum absolute atomic E-state index is 8.82. The quantitative estimate of drug-likeness (QED) is 0.693. The molecule has 1 rings (SSSR count). The highest BCUT2D eigenvalue weighted by Crippen LogP contribution is 2.18. The normalized spacial score (nSPS) is 9.00. The highest BCUT2D eigenvalue weighted by atomic mass is 16.5. The third kappa shape index (κ3) is 2.98. The van der Waals surface area contributed by atoms with Gasteiger partial charge in [-0.3, -0.25) is 0 Å². The number of hydrogen-bond acceptors (Lipinski definition) is 4. The average Bonchev–Trinajstić information content (AvgIpc) is 2.29. The van der Waals surface area contributed by atoms with E-state index in [0.717, 1.165) is 0 Å². The van der Waals surface area contributed by atoms with Gasteiger partial charge in [-0.25, -0.2) is 0 Å². The lowest BCUT2D eigenvalue weighted by atomic mass is 10.1. The molecule has 1 aromatic carbocycles. The van der Waals surface area contributed by atoms with Crippen LogP contribution < -0.4 is 4.74 Å². The van der Waals surface area contributed by atoms with E-state index in [2.05, 4.69) is 0 Å². The molecular weight excluding hydrogens is 192 g/mol. The molecule has 4 nitrogen and oxygen atoms in total. The molecule has 0 aromatic heterocycles. The second-order valence-electron chi connectivity index (χ2n) is 2.78. The minimum Gasteiger partial charge on any atom is -0.490 e. The summed E-state index contributed by atoms with van der Waals surface area (Å²) in [5, 5.41) is 17.5. The van der Waals surface area contributed by atoms with E-state index >= 15 is 0 Å². The number of hydrogen-bond donors (Lipinski definition) is 0. The Morgan fingerprint density at radius 3 is 2.60 bits per heavy atom. The first-order valence-corrected chi connectivity index (χ1v) is 4.37. The summed E-state index contributed by atoms with van der Waals surface area (Å²) in [4.78, 5) is 0. The standard InChI is InChI=1S/C11H10N2O2/c1-14-4-5-15-11-3-2-9(7-12)6-10(11)8-13/h2-3,6H,4-5H2,1H3. The van der Waals surface area contributed by atoms with Crippen LogP contribution in [0, 0.1) is 22.7 Å². The Morgan fingerprint density at radius 1 is 1.20 bits per heavy atom. The van der Waals surface area contributed by atoms with Crippen molar-refractivity contribution in [3.63, 3.8) is 0 Å². The van der Waals surface area contributed by atoms with Gasteiger partial charge in [-0.2, -0.15) is 10.5 Å². The molecule has 0 amide bonds. The largest absolute Gasteiger partial charge is 0.490 e. The van der Waals surface area contributed by atoms with E-state index < -0.39 is 0 Å². The van der Waals surface area contributed by atoms with Gasteiger partial charge >= 0.3 is 0 Å². The molecule has 4 heteroatoms. The predicted octanol–water partition coefficient (Wildman–Crippen LogP) is 1.46.